The van der Waals surface area contributed by atoms with E-state index in [1.54, 1.807) is 6.07 Å². The maximum absolute atomic E-state index is 11.1. The van der Waals surface area contributed by atoms with Gasteiger partial charge in [-0.3, -0.25) is 0 Å². The van der Waals surface area contributed by atoms with E-state index in [1.807, 2.05) is 0 Å². The van der Waals surface area contributed by atoms with Crippen LogP contribution in [0, 0.1) is 0 Å². The number of nitrogens with one attached hydrogen (secondary N) is 2. The zero-order valence-electron chi connectivity index (χ0n) is 7.85. The highest BCUT2D eigenvalue weighted by atomic mass is 79.9. The lowest BCUT2D eigenvalue weighted by molar-refractivity contribution is 0.247. The van der Waals surface area contributed by atoms with Crippen molar-refractivity contribution >= 4 is 53.8 Å². The van der Waals surface area contributed by atoms with E-state index >= 15 is 0 Å². The largest absolute Gasteiger partial charge is 0.506 e. The van der Waals surface area contributed by atoms with Gasteiger partial charge < -0.3 is 15.7 Å². The molecule has 0 saturated carbocycles. The van der Waals surface area contributed by atoms with Crippen molar-refractivity contribution in [1.82, 2.24) is 10.6 Å². The quantitative estimate of drug-likeness (QED) is 0.661. The molecule has 1 atom stereocenters. The van der Waals surface area contributed by atoms with Crippen LogP contribution in [0.2, 0.25) is 0 Å². The third kappa shape index (κ3) is 2.08. The lowest BCUT2D eigenvalue weighted by atomic mass is 10.1. The van der Waals surface area contributed by atoms with Crippen LogP contribution in [0.15, 0.2) is 19.5 Å². The fourth-order valence-electron chi connectivity index (χ4n) is 1.54. The van der Waals surface area contributed by atoms with E-state index in [2.05, 4.69) is 58.4 Å². The summed E-state index contributed by atoms with van der Waals surface area (Å²) >= 11 is 9.97. The van der Waals surface area contributed by atoms with Crippen molar-refractivity contribution in [3.8, 4) is 5.75 Å². The molecular formula is C9H7Br3N2O2. The number of aromatic hydroxyl groups is 1. The summed E-state index contributed by atoms with van der Waals surface area (Å²) < 4.78 is 1.98. The number of carbonyl (C=O) groups is 1. The molecule has 1 aliphatic rings. The molecule has 0 bridgehead atoms. The Bertz CT molecular complexity index is 465. The third-order valence-electron chi connectivity index (χ3n) is 2.30. The molecule has 1 saturated heterocycles. The molecule has 86 valence electrons. The van der Waals surface area contributed by atoms with E-state index < -0.39 is 0 Å². The Morgan fingerprint density at radius 3 is 2.56 bits per heavy atom. The van der Waals surface area contributed by atoms with E-state index in [0.717, 1.165) is 10.0 Å². The van der Waals surface area contributed by atoms with Crippen LogP contribution in [-0.2, 0) is 0 Å². The summed E-state index contributed by atoms with van der Waals surface area (Å²) in [6.45, 7) is 0.497. The number of halogens is 3. The highest BCUT2D eigenvalue weighted by Crippen LogP contribution is 2.42. The zero-order valence-corrected chi connectivity index (χ0v) is 12.6. The number of benzene rings is 1. The maximum Gasteiger partial charge on any atom is 0.315 e. The first-order valence-electron chi connectivity index (χ1n) is 4.41. The van der Waals surface area contributed by atoms with Gasteiger partial charge in [0.2, 0.25) is 0 Å². The van der Waals surface area contributed by atoms with E-state index in [9.17, 15) is 9.90 Å². The number of hydrogen-bond acceptors (Lipinski definition) is 2. The molecule has 7 heteroatoms. The second-order valence-electron chi connectivity index (χ2n) is 3.32. The van der Waals surface area contributed by atoms with Gasteiger partial charge in [0.25, 0.3) is 0 Å². The van der Waals surface area contributed by atoms with Crippen LogP contribution >= 0.6 is 47.8 Å². The molecule has 0 unspecified atom stereocenters. The first-order valence-corrected chi connectivity index (χ1v) is 6.79. The predicted octanol–water partition coefficient (Wildman–Crippen LogP) is 3.03. The molecule has 1 aromatic carbocycles. The standard InChI is InChI=1S/C9H7Br3N2O2/c10-3-1-4(11)8(15)7(12)6(3)5-2-13-9(16)14-5/h1,5,15H,2H2,(H2,13,14,16)/t5-/m0/s1. The van der Waals surface area contributed by atoms with Crippen LogP contribution in [0.4, 0.5) is 4.79 Å². The van der Waals surface area contributed by atoms with Gasteiger partial charge in [0.05, 0.1) is 15.0 Å². The summed E-state index contributed by atoms with van der Waals surface area (Å²) in [4.78, 5) is 11.1. The van der Waals surface area contributed by atoms with Gasteiger partial charge in [-0.05, 0) is 37.9 Å². The summed E-state index contributed by atoms with van der Waals surface area (Å²) in [6.07, 6.45) is 0. The number of urea groups is 1. The number of hydrogen-bond donors (Lipinski definition) is 3. The number of phenolic OH excluding ortho intramolecular Hbond substituents is 1. The normalized spacial score (nSPS) is 19.4. The van der Waals surface area contributed by atoms with Gasteiger partial charge in [-0.1, -0.05) is 15.9 Å². The molecule has 0 spiro atoms. The Morgan fingerprint density at radius 1 is 1.31 bits per heavy atom. The Labute approximate surface area is 117 Å². The van der Waals surface area contributed by atoms with Crippen LogP contribution in [0.1, 0.15) is 11.6 Å². The minimum absolute atomic E-state index is 0.124. The van der Waals surface area contributed by atoms with Crippen molar-refractivity contribution in [3.63, 3.8) is 0 Å². The van der Waals surface area contributed by atoms with E-state index in [1.165, 1.54) is 0 Å². The highest BCUT2D eigenvalue weighted by molar-refractivity contribution is 9.11. The van der Waals surface area contributed by atoms with Crippen molar-refractivity contribution < 1.29 is 9.90 Å². The first kappa shape index (κ1) is 12.2. The summed E-state index contributed by atoms with van der Waals surface area (Å²) in [7, 11) is 0. The van der Waals surface area contributed by atoms with Crippen LogP contribution in [0.5, 0.6) is 5.75 Å². The van der Waals surface area contributed by atoms with Crippen LogP contribution in [0.3, 0.4) is 0 Å². The SMILES string of the molecule is O=C1NC[C@@H](c2c(Br)cc(Br)c(O)c2Br)N1. The molecule has 2 amide bonds. The Balaban J connectivity index is 2.48. The summed E-state index contributed by atoms with van der Waals surface area (Å²) in [6, 6.07) is 1.39. The molecule has 0 aromatic heterocycles. The molecule has 0 radical (unpaired) electrons. The van der Waals surface area contributed by atoms with Crippen molar-refractivity contribution in [1.29, 1.82) is 0 Å². The predicted molar refractivity (Wildman–Crippen MR) is 70.5 cm³/mol. The molecule has 2 rings (SSSR count). The van der Waals surface area contributed by atoms with Gasteiger partial charge in [0, 0.05) is 16.6 Å². The van der Waals surface area contributed by atoms with Crippen molar-refractivity contribution in [3.05, 3.63) is 25.0 Å². The second kappa shape index (κ2) is 4.54. The smallest absolute Gasteiger partial charge is 0.315 e. The zero-order chi connectivity index (χ0) is 11.9. The first-order chi connectivity index (χ1) is 7.50. The maximum atomic E-state index is 11.1. The summed E-state index contributed by atoms with van der Waals surface area (Å²) in [5.41, 5.74) is 0.819. The Hall–Kier alpha value is -0.270. The molecule has 16 heavy (non-hydrogen) atoms. The van der Waals surface area contributed by atoms with Gasteiger partial charge in [0.15, 0.2) is 0 Å². The highest BCUT2D eigenvalue weighted by Gasteiger charge is 2.27. The second-order valence-corrected chi connectivity index (χ2v) is 5.83. The third-order valence-corrected chi connectivity index (χ3v) is 4.37. The van der Waals surface area contributed by atoms with Gasteiger partial charge in [-0.25, -0.2) is 4.79 Å². The molecule has 1 aromatic rings. The number of amides is 2. The van der Waals surface area contributed by atoms with E-state index in [-0.39, 0.29) is 17.8 Å². The fraction of sp³-hybridized carbons (Fsp3) is 0.222. The van der Waals surface area contributed by atoms with Gasteiger partial charge >= 0.3 is 6.03 Å². The van der Waals surface area contributed by atoms with Crippen molar-refractivity contribution in [2.75, 3.05) is 6.54 Å². The monoisotopic (exact) mass is 412 g/mol. The average Bonchev–Trinajstić information content (AvgIpc) is 2.61. The van der Waals surface area contributed by atoms with Gasteiger partial charge in [-0.15, -0.1) is 0 Å². The summed E-state index contributed by atoms with van der Waals surface area (Å²) in [5.74, 6) is 0.124. The molecule has 1 heterocycles. The topological polar surface area (TPSA) is 61.4 Å². The lowest BCUT2D eigenvalue weighted by Gasteiger charge is -2.15. The minimum atomic E-state index is -0.203. The molecular weight excluding hydrogens is 408 g/mol. The van der Waals surface area contributed by atoms with Crippen molar-refractivity contribution in [2.24, 2.45) is 0 Å². The lowest BCUT2D eigenvalue weighted by Crippen LogP contribution is -2.22. The molecule has 3 N–H and O–H groups in total. The summed E-state index contributed by atoms with van der Waals surface area (Å²) in [5, 5.41) is 15.2. The van der Waals surface area contributed by atoms with E-state index in [0.29, 0.717) is 15.5 Å². The van der Waals surface area contributed by atoms with E-state index in [4.69, 9.17) is 0 Å². The van der Waals surface area contributed by atoms with Gasteiger partial charge in [0.1, 0.15) is 5.75 Å². The van der Waals surface area contributed by atoms with Crippen LogP contribution < -0.4 is 10.6 Å². The van der Waals surface area contributed by atoms with Gasteiger partial charge in [-0.2, -0.15) is 0 Å². The molecule has 1 aliphatic heterocycles. The average molecular weight is 415 g/mol. The Kier molecular flexibility index (Phi) is 3.46. The molecule has 0 aliphatic carbocycles. The molecule has 4 nitrogen and oxygen atoms in total. The van der Waals surface area contributed by atoms with Crippen LogP contribution in [0.25, 0.3) is 0 Å². The molecule has 1 fully saturated rings. The van der Waals surface area contributed by atoms with Crippen LogP contribution in [-0.4, -0.2) is 17.7 Å². The number of phenols is 1. The van der Waals surface area contributed by atoms with Crippen molar-refractivity contribution in [2.45, 2.75) is 6.04 Å². The number of rotatable bonds is 1. The minimum Gasteiger partial charge on any atom is -0.506 e. The number of carbonyl (C=O) groups excluding carboxylic acids is 1. The fourth-order valence-corrected chi connectivity index (χ4v) is 4.22. The Morgan fingerprint density at radius 2 is 2.00 bits per heavy atom.